The van der Waals surface area contributed by atoms with E-state index in [9.17, 15) is 4.79 Å². The monoisotopic (exact) mass is 200 g/mol. The third-order valence-corrected chi connectivity index (χ3v) is 1.96. The van der Waals surface area contributed by atoms with Crippen molar-refractivity contribution in [1.82, 2.24) is 0 Å². The van der Waals surface area contributed by atoms with Gasteiger partial charge in [-0.15, -0.1) is 0 Å². The third-order valence-electron chi connectivity index (χ3n) is 1.96. The Kier molecular flexibility index (Phi) is 4.39. The molecule has 0 bridgehead atoms. The maximum absolute atomic E-state index is 11.0. The van der Waals surface area contributed by atoms with Gasteiger partial charge in [0.05, 0.1) is 6.61 Å². The summed E-state index contributed by atoms with van der Waals surface area (Å²) in [5, 5.41) is 0. The first-order chi connectivity index (χ1) is 6.74. The summed E-state index contributed by atoms with van der Waals surface area (Å²) in [5.74, 6) is 0.131. The number of carbonyl (C=O) groups excluding carboxylic acids is 1. The molecule has 1 rings (SSSR count). The van der Waals surface area contributed by atoms with E-state index in [2.05, 4.69) is 4.99 Å². The lowest BCUT2D eigenvalue weighted by Gasteiger charge is -2.20. The van der Waals surface area contributed by atoms with E-state index < -0.39 is 0 Å². The molecule has 0 aliphatic carbocycles. The van der Waals surface area contributed by atoms with E-state index in [1.54, 1.807) is 6.92 Å². The molecule has 0 saturated heterocycles. The van der Waals surface area contributed by atoms with Crippen LogP contribution in [0.5, 0.6) is 0 Å². The number of hydrogen-bond acceptors (Lipinski definition) is 5. The summed E-state index contributed by atoms with van der Waals surface area (Å²) in [6.45, 7) is 2.84. The van der Waals surface area contributed by atoms with E-state index in [0.717, 1.165) is 19.4 Å². The Labute approximate surface area is 83.3 Å². The first-order valence-electron chi connectivity index (χ1n) is 4.81. The summed E-state index contributed by atoms with van der Waals surface area (Å²) >= 11 is 0. The van der Waals surface area contributed by atoms with E-state index in [1.807, 2.05) is 0 Å². The van der Waals surface area contributed by atoms with Crippen LogP contribution in [0.2, 0.25) is 0 Å². The molecule has 5 nitrogen and oxygen atoms in total. The van der Waals surface area contributed by atoms with Gasteiger partial charge in [0.2, 0.25) is 0 Å². The molecule has 0 radical (unpaired) electrons. The quantitative estimate of drug-likeness (QED) is 0.652. The zero-order valence-corrected chi connectivity index (χ0v) is 8.36. The number of aliphatic imine (C=N–C) groups is 1. The predicted octanol–water partition coefficient (Wildman–Crippen LogP) is 0.0857. The molecule has 0 aromatic rings. The van der Waals surface area contributed by atoms with Crippen molar-refractivity contribution < 1.29 is 14.3 Å². The number of esters is 1. The molecule has 0 saturated carbocycles. The zero-order valence-electron chi connectivity index (χ0n) is 8.36. The van der Waals surface area contributed by atoms with Crippen LogP contribution in [0.15, 0.2) is 4.99 Å². The lowest BCUT2D eigenvalue weighted by atomic mass is 10.1. The Morgan fingerprint density at radius 2 is 2.50 bits per heavy atom. The fraction of sp³-hybridized carbons (Fsp3) is 0.778. The molecule has 0 spiro atoms. The minimum Gasteiger partial charge on any atom is -0.464 e. The molecule has 2 N–H and O–H groups in total. The van der Waals surface area contributed by atoms with Crippen molar-refractivity contribution in [2.24, 2.45) is 10.7 Å². The summed E-state index contributed by atoms with van der Waals surface area (Å²) in [6, 6.07) is 0. The van der Waals surface area contributed by atoms with Gasteiger partial charge in [0, 0.05) is 6.54 Å². The summed E-state index contributed by atoms with van der Waals surface area (Å²) in [6.07, 6.45) is 1.57. The Morgan fingerprint density at radius 1 is 1.71 bits per heavy atom. The zero-order chi connectivity index (χ0) is 10.4. The standard InChI is InChI=1S/C9H16N2O3/c1-2-13-8(12)6-14-7-4-3-5-11-9(7)10/h7H,2-6H2,1H3,(H2,10,11). The maximum atomic E-state index is 11.0. The molecule has 0 fully saturated rings. The highest BCUT2D eigenvalue weighted by Crippen LogP contribution is 2.08. The van der Waals surface area contributed by atoms with Gasteiger partial charge in [-0.25, -0.2) is 4.79 Å². The lowest BCUT2D eigenvalue weighted by Crippen LogP contribution is -2.36. The largest absolute Gasteiger partial charge is 0.464 e. The van der Waals surface area contributed by atoms with Crippen molar-refractivity contribution >= 4 is 11.8 Å². The van der Waals surface area contributed by atoms with Gasteiger partial charge in [-0.05, 0) is 19.8 Å². The fourth-order valence-corrected chi connectivity index (χ4v) is 1.27. The molecule has 1 aliphatic rings. The van der Waals surface area contributed by atoms with Crippen LogP contribution >= 0.6 is 0 Å². The molecule has 1 atom stereocenters. The number of ether oxygens (including phenoxy) is 2. The predicted molar refractivity (Wildman–Crippen MR) is 52.1 cm³/mol. The first-order valence-corrected chi connectivity index (χ1v) is 4.81. The van der Waals surface area contributed by atoms with Crippen LogP contribution in [-0.2, 0) is 14.3 Å². The lowest BCUT2D eigenvalue weighted by molar-refractivity contribution is -0.149. The minimum absolute atomic E-state index is 0.0469. The van der Waals surface area contributed by atoms with Gasteiger partial charge in [0.25, 0.3) is 0 Å². The molecule has 80 valence electrons. The summed E-state index contributed by atoms with van der Waals surface area (Å²) in [7, 11) is 0. The highest BCUT2D eigenvalue weighted by Gasteiger charge is 2.18. The van der Waals surface area contributed by atoms with Crippen molar-refractivity contribution in [3.63, 3.8) is 0 Å². The summed E-state index contributed by atoms with van der Waals surface area (Å²) < 4.78 is 10.0. The molecule has 1 heterocycles. The van der Waals surface area contributed by atoms with Crippen LogP contribution in [0.25, 0.3) is 0 Å². The van der Waals surface area contributed by atoms with Gasteiger partial charge in [-0.3, -0.25) is 4.99 Å². The van der Waals surface area contributed by atoms with Gasteiger partial charge in [-0.2, -0.15) is 0 Å². The van der Waals surface area contributed by atoms with Crippen LogP contribution in [0, 0.1) is 0 Å². The van der Waals surface area contributed by atoms with Crippen molar-refractivity contribution in [2.75, 3.05) is 19.8 Å². The minimum atomic E-state index is -0.356. The number of amidine groups is 1. The second-order valence-electron chi connectivity index (χ2n) is 3.05. The van der Waals surface area contributed by atoms with Gasteiger partial charge in [-0.1, -0.05) is 0 Å². The molecular weight excluding hydrogens is 184 g/mol. The average Bonchev–Trinajstić information content (AvgIpc) is 2.17. The Balaban J connectivity index is 2.26. The van der Waals surface area contributed by atoms with Crippen molar-refractivity contribution in [3.8, 4) is 0 Å². The van der Waals surface area contributed by atoms with E-state index in [-0.39, 0.29) is 18.7 Å². The van der Waals surface area contributed by atoms with Gasteiger partial charge in [0.1, 0.15) is 18.5 Å². The van der Waals surface area contributed by atoms with Crippen molar-refractivity contribution in [3.05, 3.63) is 0 Å². The smallest absolute Gasteiger partial charge is 0.332 e. The SMILES string of the molecule is CCOC(=O)COC1CCCN=C1N. The molecule has 0 amide bonds. The topological polar surface area (TPSA) is 73.9 Å². The highest BCUT2D eigenvalue weighted by atomic mass is 16.6. The molecule has 5 heteroatoms. The molecule has 1 aliphatic heterocycles. The third kappa shape index (κ3) is 3.33. The Morgan fingerprint density at radius 3 is 3.14 bits per heavy atom. The van der Waals surface area contributed by atoms with E-state index >= 15 is 0 Å². The van der Waals surface area contributed by atoms with Gasteiger partial charge >= 0.3 is 5.97 Å². The Hall–Kier alpha value is -1.10. The number of rotatable bonds is 4. The number of nitrogens with two attached hydrogens (primary N) is 1. The normalized spacial score (nSPS) is 21.5. The molecule has 1 unspecified atom stereocenters. The van der Waals surface area contributed by atoms with Crippen LogP contribution in [-0.4, -0.2) is 37.7 Å². The first kappa shape index (κ1) is 11.0. The number of nitrogens with zero attached hydrogens (tertiary/aromatic N) is 1. The van der Waals surface area contributed by atoms with Gasteiger partial charge in [0.15, 0.2) is 0 Å². The van der Waals surface area contributed by atoms with Crippen LogP contribution in [0.1, 0.15) is 19.8 Å². The summed E-state index contributed by atoms with van der Waals surface area (Å²) in [4.78, 5) is 15.0. The summed E-state index contributed by atoms with van der Waals surface area (Å²) in [5.41, 5.74) is 5.61. The number of hydrogen-bond donors (Lipinski definition) is 1. The molecule has 0 aromatic carbocycles. The van der Waals surface area contributed by atoms with E-state index in [1.165, 1.54) is 0 Å². The fourth-order valence-electron chi connectivity index (χ4n) is 1.27. The second kappa shape index (κ2) is 5.59. The highest BCUT2D eigenvalue weighted by molar-refractivity contribution is 5.85. The Bertz CT molecular complexity index is 228. The maximum Gasteiger partial charge on any atom is 0.332 e. The van der Waals surface area contributed by atoms with Crippen molar-refractivity contribution in [1.29, 1.82) is 0 Å². The molecule has 0 aromatic heterocycles. The van der Waals surface area contributed by atoms with Crippen molar-refractivity contribution in [2.45, 2.75) is 25.9 Å². The van der Waals surface area contributed by atoms with Crippen LogP contribution in [0.3, 0.4) is 0 Å². The second-order valence-corrected chi connectivity index (χ2v) is 3.05. The molecule has 14 heavy (non-hydrogen) atoms. The van der Waals surface area contributed by atoms with E-state index in [4.69, 9.17) is 15.2 Å². The average molecular weight is 200 g/mol. The van der Waals surface area contributed by atoms with Gasteiger partial charge < -0.3 is 15.2 Å². The number of carbonyl (C=O) groups is 1. The van der Waals surface area contributed by atoms with E-state index in [0.29, 0.717) is 12.4 Å². The van der Waals surface area contributed by atoms with Crippen LogP contribution in [0.4, 0.5) is 0 Å². The van der Waals surface area contributed by atoms with Crippen LogP contribution < -0.4 is 5.73 Å². The molecular formula is C9H16N2O3.